The molecule has 0 saturated heterocycles. The molecular formula is C26H33N3O5. The highest BCUT2D eigenvalue weighted by Gasteiger charge is 2.17. The van der Waals surface area contributed by atoms with E-state index in [2.05, 4.69) is 10.3 Å². The number of aryl methyl sites for hydroxylation is 3. The van der Waals surface area contributed by atoms with Crippen molar-refractivity contribution in [2.45, 2.75) is 54.6 Å². The second-order valence-corrected chi connectivity index (χ2v) is 8.01. The van der Waals surface area contributed by atoms with Crippen molar-refractivity contribution in [1.82, 2.24) is 14.9 Å². The number of carbonyl (C=O) groups excluding carboxylic acids is 1. The molecule has 0 unspecified atom stereocenters. The van der Waals surface area contributed by atoms with Crippen LogP contribution in [0.25, 0.3) is 11.0 Å². The van der Waals surface area contributed by atoms with Gasteiger partial charge in [-0.15, -0.1) is 0 Å². The number of fused-ring (bicyclic) bond motifs is 1. The number of ether oxygens (including phenoxy) is 3. The maximum atomic E-state index is 12.9. The van der Waals surface area contributed by atoms with Gasteiger partial charge < -0.3 is 19.5 Å². The zero-order valence-corrected chi connectivity index (χ0v) is 20.8. The van der Waals surface area contributed by atoms with Gasteiger partial charge in [0.25, 0.3) is 5.56 Å². The van der Waals surface area contributed by atoms with E-state index in [1.807, 2.05) is 58.9 Å². The van der Waals surface area contributed by atoms with Gasteiger partial charge in [0.05, 0.1) is 30.9 Å². The fourth-order valence-electron chi connectivity index (χ4n) is 3.73. The van der Waals surface area contributed by atoms with Crippen LogP contribution in [0.5, 0.6) is 17.2 Å². The molecule has 182 valence electrons. The summed E-state index contributed by atoms with van der Waals surface area (Å²) in [5.74, 6) is 1.41. The van der Waals surface area contributed by atoms with E-state index in [-0.39, 0.29) is 24.6 Å². The van der Waals surface area contributed by atoms with Crippen molar-refractivity contribution in [1.29, 1.82) is 0 Å². The third-order valence-electron chi connectivity index (χ3n) is 5.48. The SMILES string of the molecule is CCOc1cc(CNC(=O)Cn2c(=O)c(C)nc3cc(C)c(C)cc32)cc(OCC)c1OCC. The smallest absolute Gasteiger partial charge is 0.272 e. The highest BCUT2D eigenvalue weighted by Crippen LogP contribution is 2.39. The molecule has 1 N–H and O–H groups in total. The Hall–Kier alpha value is -3.55. The molecule has 34 heavy (non-hydrogen) atoms. The first-order chi connectivity index (χ1) is 16.3. The summed E-state index contributed by atoms with van der Waals surface area (Å²) < 4.78 is 18.7. The molecule has 0 bridgehead atoms. The molecule has 0 aliphatic rings. The van der Waals surface area contributed by atoms with Gasteiger partial charge in [-0.25, -0.2) is 4.98 Å². The van der Waals surface area contributed by atoms with Gasteiger partial charge in [0, 0.05) is 6.54 Å². The van der Waals surface area contributed by atoms with Crippen LogP contribution in [-0.4, -0.2) is 35.3 Å². The predicted molar refractivity (Wildman–Crippen MR) is 132 cm³/mol. The molecule has 0 atom stereocenters. The van der Waals surface area contributed by atoms with Gasteiger partial charge in [-0.3, -0.25) is 14.2 Å². The number of nitrogens with zero attached hydrogens (tertiary/aromatic N) is 2. The summed E-state index contributed by atoms with van der Waals surface area (Å²) in [6, 6.07) is 7.51. The Morgan fingerprint density at radius 1 is 0.912 bits per heavy atom. The molecular weight excluding hydrogens is 434 g/mol. The summed E-state index contributed by atoms with van der Waals surface area (Å²) >= 11 is 0. The lowest BCUT2D eigenvalue weighted by molar-refractivity contribution is -0.121. The highest BCUT2D eigenvalue weighted by molar-refractivity contribution is 5.81. The molecule has 0 aliphatic heterocycles. The summed E-state index contributed by atoms with van der Waals surface area (Å²) in [6.07, 6.45) is 0. The molecule has 0 fully saturated rings. The average molecular weight is 468 g/mol. The molecule has 1 heterocycles. The van der Waals surface area contributed by atoms with Crippen LogP contribution < -0.4 is 25.1 Å². The van der Waals surface area contributed by atoms with Crippen molar-refractivity contribution >= 4 is 16.9 Å². The predicted octanol–water partition coefficient (Wildman–Crippen LogP) is 3.83. The summed E-state index contributed by atoms with van der Waals surface area (Å²) in [4.78, 5) is 30.1. The molecule has 2 aromatic carbocycles. The zero-order chi connectivity index (χ0) is 24.8. The van der Waals surface area contributed by atoms with Crippen molar-refractivity contribution in [2.75, 3.05) is 19.8 Å². The first kappa shape index (κ1) is 25.1. The van der Waals surface area contributed by atoms with Gasteiger partial charge in [0.1, 0.15) is 12.2 Å². The number of hydrogen-bond acceptors (Lipinski definition) is 6. The Morgan fingerprint density at radius 2 is 1.50 bits per heavy atom. The first-order valence-electron chi connectivity index (χ1n) is 11.6. The zero-order valence-electron chi connectivity index (χ0n) is 20.8. The largest absolute Gasteiger partial charge is 0.490 e. The van der Waals surface area contributed by atoms with E-state index in [4.69, 9.17) is 14.2 Å². The quantitative estimate of drug-likeness (QED) is 0.487. The lowest BCUT2D eigenvalue weighted by Gasteiger charge is -2.17. The Bertz CT molecular complexity index is 1220. The normalized spacial score (nSPS) is 10.9. The van der Waals surface area contributed by atoms with E-state index < -0.39 is 0 Å². The maximum Gasteiger partial charge on any atom is 0.272 e. The Kier molecular flexibility index (Phi) is 8.15. The maximum absolute atomic E-state index is 12.9. The number of rotatable bonds is 10. The Morgan fingerprint density at radius 3 is 2.09 bits per heavy atom. The van der Waals surface area contributed by atoms with Crippen LogP contribution in [0.4, 0.5) is 0 Å². The minimum Gasteiger partial charge on any atom is -0.490 e. The van der Waals surface area contributed by atoms with Crippen LogP contribution in [-0.2, 0) is 17.9 Å². The van der Waals surface area contributed by atoms with E-state index in [1.54, 1.807) is 6.92 Å². The van der Waals surface area contributed by atoms with E-state index in [9.17, 15) is 9.59 Å². The Labute approximate surface area is 199 Å². The topological polar surface area (TPSA) is 91.7 Å². The van der Waals surface area contributed by atoms with Crippen molar-refractivity contribution in [3.63, 3.8) is 0 Å². The van der Waals surface area contributed by atoms with Crippen LogP contribution in [0.15, 0.2) is 29.1 Å². The first-order valence-corrected chi connectivity index (χ1v) is 11.6. The van der Waals surface area contributed by atoms with Crippen LogP contribution in [0.1, 0.15) is 43.2 Å². The second-order valence-electron chi connectivity index (χ2n) is 8.01. The van der Waals surface area contributed by atoms with Gasteiger partial charge in [0.15, 0.2) is 11.5 Å². The van der Waals surface area contributed by atoms with E-state index in [1.165, 1.54) is 4.57 Å². The van der Waals surface area contributed by atoms with Crippen molar-refractivity contribution in [2.24, 2.45) is 0 Å². The summed E-state index contributed by atoms with van der Waals surface area (Å²) in [5, 5.41) is 2.90. The standard InChI is InChI=1S/C26H33N3O5/c1-7-32-22-12-19(13-23(33-8-2)25(22)34-9-3)14-27-24(30)15-29-21-11-17(5)16(4)10-20(21)28-18(6)26(29)31/h10-13H,7-9,14-15H2,1-6H3,(H,27,30). The molecule has 0 radical (unpaired) electrons. The van der Waals surface area contributed by atoms with Crippen molar-refractivity contribution < 1.29 is 19.0 Å². The van der Waals surface area contributed by atoms with E-state index in [0.29, 0.717) is 53.8 Å². The van der Waals surface area contributed by atoms with Gasteiger partial charge >= 0.3 is 0 Å². The number of amides is 1. The fourth-order valence-corrected chi connectivity index (χ4v) is 3.73. The molecule has 1 aromatic heterocycles. The van der Waals surface area contributed by atoms with Crippen molar-refractivity contribution in [3.8, 4) is 17.2 Å². The third kappa shape index (κ3) is 5.50. The number of carbonyl (C=O) groups is 1. The van der Waals surface area contributed by atoms with Crippen LogP contribution in [0.3, 0.4) is 0 Å². The monoisotopic (exact) mass is 467 g/mol. The summed E-state index contributed by atoms with van der Waals surface area (Å²) in [6.45, 7) is 12.9. The van der Waals surface area contributed by atoms with E-state index in [0.717, 1.165) is 16.7 Å². The van der Waals surface area contributed by atoms with Crippen LogP contribution in [0, 0.1) is 20.8 Å². The molecule has 0 aliphatic carbocycles. The molecule has 0 saturated carbocycles. The van der Waals surface area contributed by atoms with Gasteiger partial charge in [0.2, 0.25) is 11.7 Å². The molecule has 8 heteroatoms. The number of benzene rings is 2. The lowest BCUT2D eigenvalue weighted by Crippen LogP contribution is -2.33. The Balaban J connectivity index is 1.85. The molecule has 1 amide bonds. The molecule has 3 rings (SSSR count). The van der Waals surface area contributed by atoms with Crippen LogP contribution in [0.2, 0.25) is 0 Å². The minimum atomic E-state index is -0.281. The average Bonchev–Trinajstić information content (AvgIpc) is 2.79. The van der Waals surface area contributed by atoms with Gasteiger partial charge in [-0.2, -0.15) is 0 Å². The van der Waals surface area contributed by atoms with Gasteiger partial charge in [-0.1, -0.05) is 0 Å². The number of hydrogen-bond donors (Lipinski definition) is 1. The summed E-state index contributed by atoms with van der Waals surface area (Å²) in [7, 11) is 0. The molecule has 0 spiro atoms. The fraction of sp³-hybridized carbons (Fsp3) is 0.423. The highest BCUT2D eigenvalue weighted by atomic mass is 16.5. The van der Waals surface area contributed by atoms with E-state index >= 15 is 0 Å². The van der Waals surface area contributed by atoms with Crippen LogP contribution >= 0.6 is 0 Å². The second kappa shape index (κ2) is 11.0. The molecule has 8 nitrogen and oxygen atoms in total. The third-order valence-corrected chi connectivity index (χ3v) is 5.48. The number of nitrogens with one attached hydrogen (secondary N) is 1. The lowest BCUT2D eigenvalue weighted by atomic mass is 10.1. The summed E-state index contributed by atoms with van der Waals surface area (Å²) in [5.41, 5.74) is 4.35. The molecule has 3 aromatic rings. The number of aromatic nitrogens is 2. The van der Waals surface area contributed by atoms with Gasteiger partial charge in [-0.05, 0) is 82.5 Å². The minimum absolute atomic E-state index is 0.102. The van der Waals surface area contributed by atoms with Crippen molar-refractivity contribution in [3.05, 3.63) is 57.0 Å².